The molecule has 0 aliphatic carbocycles. The first-order valence-corrected chi connectivity index (χ1v) is 11.2. The third-order valence-corrected chi connectivity index (χ3v) is 6.20. The van der Waals surface area contributed by atoms with Gasteiger partial charge in [0.1, 0.15) is 17.7 Å². The van der Waals surface area contributed by atoms with E-state index in [1.807, 2.05) is 0 Å². The van der Waals surface area contributed by atoms with Gasteiger partial charge in [-0.15, -0.1) is 0 Å². The number of aromatic nitrogens is 1. The lowest BCUT2D eigenvalue weighted by atomic mass is 10.00. The monoisotopic (exact) mass is 489 g/mol. The van der Waals surface area contributed by atoms with Crippen LogP contribution in [0, 0.1) is 6.92 Å². The molecule has 1 amide bonds. The van der Waals surface area contributed by atoms with Crippen molar-refractivity contribution in [2.75, 3.05) is 19.6 Å². The van der Waals surface area contributed by atoms with E-state index in [1.165, 1.54) is 11.8 Å². The SMILES string of the molecule is Cc1c(-c2ccc(Cl)cc2)c(C(=O)N2CCNC(C=O)C2)n(Cc2ccccc2)c1C(F)(F)F. The highest BCUT2D eigenvalue weighted by Crippen LogP contribution is 2.42. The predicted octanol–water partition coefficient (Wildman–Crippen LogP) is 4.80. The molecule has 1 aliphatic heterocycles. The highest BCUT2D eigenvalue weighted by molar-refractivity contribution is 6.30. The number of carbonyl (C=O) groups excluding carboxylic acids is 2. The summed E-state index contributed by atoms with van der Waals surface area (Å²) in [7, 11) is 0. The molecule has 2 aromatic carbocycles. The minimum atomic E-state index is -4.69. The largest absolute Gasteiger partial charge is 0.431 e. The Hall–Kier alpha value is -3.10. The van der Waals surface area contributed by atoms with Crippen LogP contribution in [0.1, 0.15) is 27.3 Å². The first kappa shape index (κ1) is 24.0. The minimum absolute atomic E-state index is 0.0313. The average molecular weight is 490 g/mol. The molecule has 0 spiro atoms. The molecule has 1 aliphatic rings. The minimum Gasteiger partial charge on any atom is -0.334 e. The summed E-state index contributed by atoms with van der Waals surface area (Å²) in [6, 6.07) is 14.5. The number of nitrogens with one attached hydrogen (secondary N) is 1. The van der Waals surface area contributed by atoms with Gasteiger partial charge in [0.05, 0.1) is 6.04 Å². The van der Waals surface area contributed by atoms with Gasteiger partial charge < -0.3 is 19.6 Å². The van der Waals surface area contributed by atoms with Crippen molar-refractivity contribution in [1.82, 2.24) is 14.8 Å². The number of nitrogens with zero attached hydrogens (tertiary/aromatic N) is 2. The zero-order valence-corrected chi connectivity index (χ0v) is 19.2. The van der Waals surface area contributed by atoms with Gasteiger partial charge in [-0.05, 0) is 35.7 Å². The Bertz CT molecular complexity index is 1190. The molecule has 5 nitrogen and oxygen atoms in total. The number of carbonyl (C=O) groups is 2. The number of halogens is 4. The third-order valence-electron chi connectivity index (χ3n) is 5.95. The number of amides is 1. The Morgan fingerprint density at radius 3 is 2.44 bits per heavy atom. The Labute approximate surface area is 200 Å². The number of hydrogen-bond donors (Lipinski definition) is 1. The highest BCUT2D eigenvalue weighted by Gasteiger charge is 2.42. The molecule has 1 fully saturated rings. The van der Waals surface area contributed by atoms with Crippen LogP contribution < -0.4 is 5.32 Å². The summed E-state index contributed by atoms with van der Waals surface area (Å²) in [5, 5.41) is 3.42. The van der Waals surface area contributed by atoms with Crippen molar-refractivity contribution in [2.24, 2.45) is 0 Å². The summed E-state index contributed by atoms with van der Waals surface area (Å²) in [5.74, 6) is -0.548. The van der Waals surface area contributed by atoms with Crippen LogP contribution in [0.25, 0.3) is 11.1 Å². The molecule has 9 heteroatoms. The Morgan fingerprint density at radius 1 is 1.15 bits per heavy atom. The van der Waals surface area contributed by atoms with E-state index >= 15 is 0 Å². The van der Waals surface area contributed by atoms with Crippen LogP contribution >= 0.6 is 11.6 Å². The summed E-state index contributed by atoms with van der Waals surface area (Å²) in [6.45, 7) is 1.99. The summed E-state index contributed by atoms with van der Waals surface area (Å²) >= 11 is 6.01. The molecule has 34 heavy (non-hydrogen) atoms. The van der Waals surface area contributed by atoms with Crippen LogP contribution in [0.4, 0.5) is 13.2 Å². The van der Waals surface area contributed by atoms with Crippen LogP contribution in [0.3, 0.4) is 0 Å². The molecule has 1 saturated heterocycles. The van der Waals surface area contributed by atoms with E-state index in [1.54, 1.807) is 54.6 Å². The number of rotatable bonds is 5. The maximum absolute atomic E-state index is 14.4. The number of alkyl halides is 3. The van der Waals surface area contributed by atoms with Gasteiger partial charge in [0.2, 0.25) is 0 Å². The van der Waals surface area contributed by atoms with Gasteiger partial charge >= 0.3 is 6.18 Å². The smallest absolute Gasteiger partial charge is 0.334 e. The molecule has 3 aromatic rings. The number of aldehydes is 1. The maximum Gasteiger partial charge on any atom is 0.431 e. The molecular weight excluding hydrogens is 467 g/mol. The molecule has 1 aromatic heterocycles. The second-order valence-electron chi connectivity index (χ2n) is 8.22. The van der Waals surface area contributed by atoms with E-state index in [0.717, 1.165) is 4.57 Å². The molecule has 0 radical (unpaired) electrons. The summed E-state index contributed by atoms with van der Waals surface area (Å²) < 4.78 is 44.2. The summed E-state index contributed by atoms with van der Waals surface area (Å²) in [6.07, 6.45) is -3.98. The molecule has 0 saturated carbocycles. The van der Waals surface area contributed by atoms with Crippen molar-refractivity contribution in [3.63, 3.8) is 0 Å². The fraction of sp³-hybridized carbons (Fsp3) is 0.280. The Kier molecular flexibility index (Phi) is 6.81. The highest BCUT2D eigenvalue weighted by atomic mass is 35.5. The van der Waals surface area contributed by atoms with E-state index in [4.69, 9.17) is 11.6 Å². The molecule has 1 unspecified atom stereocenters. The van der Waals surface area contributed by atoms with E-state index < -0.39 is 23.8 Å². The average Bonchev–Trinajstić information content (AvgIpc) is 3.11. The Balaban J connectivity index is 1.95. The van der Waals surface area contributed by atoms with Crippen LogP contribution in [0.2, 0.25) is 5.02 Å². The maximum atomic E-state index is 14.4. The van der Waals surface area contributed by atoms with Crippen molar-refractivity contribution in [3.05, 3.63) is 82.1 Å². The quantitative estimate of drug-likeness (QED) is 0.524. The molecule has 0 bridgehead atoms. The molecule has 1 N–H and O–H groups in total. The lowest BCUT2D eigenvalue weighted by Crippen LogP contribution is -2.53. The van der Waals surface area contributed by atoms with Gasteiger partial charge in [0.25, 0.3) is 5.91 Å². The summed E-state index contributed by atoms with van der Waals surface area (Å²) in [5.41, 5.74) is 0.354. The van der Waals surface area contributed by atoms with Crippen LogP contribution in [0.15, 0.2) is 54.6 Å². The second-order valence-corrected chi connectivity index (χ2v) is 8.66. The van der Waals surface area contributed by atoms with Gasteiger partial charge in [0, 0.05) is 36.8 Å². The van der Waals surface area contributed by atoms with E-state index in [0.29, 0.717) is 29.0 Å². The lowest BCUT2D eigenvalue weighted by molar-refractivity contribution is -0.143. The van der Waals surface area contributed by atoms with E-state index in [-0.39, 0.29) is 36.5 Å². The van der Waals surface area contributed by atoms with Gasteiger partial charge in [0.15, 0.2) is 0 Å². The number of hydrogen-bond acceptors (Lipinski definition) is 3. The molecule has 1 atom stereocenters. The Morgan fingerprint density at radius 2 is 1.82 bits per heavy atom. The molecule has 4 rings (SSSR count). The third kappa shape index (κ3) is 4.74. The van der Waals surface area contributed by atoms with Crippen molar-refractivity contribution in [1.29, 1.82) is 0 Å². The topological polar surface area (TPSA) is 54.3 Å². The van der Waals surface area contributed by atoms with Crippen molar-refractivity contribution in [3.8, 4) is 11.1 Å². The fourth-order valence-corrected chi connectivity index (χ4v) is 4.56. The van der Waals surface area contributed by atoms with Gasteiger partial charge in [-0.1, -0.05) is 54.1 Å². The van der Waals surface area contributed by atoms with E-state index in [9.17, 15) is 22.8 Å². The van der Waals surface area contributed by atoms with Crippen molar-refractivity contribution >= 4 is 23.8 Å². The molecule has 178 valence electrons. The van der Waals surface area contributed by atoms with Crippen LogP contribution in [-0.4, -0.2) is 47.3 Å². The van der Waals surface area contributed by atoms with Gasteiger partial charge in [-0.25, -0.2) is 0 Å². The normalized spacial score (nSPS) is 16.5. The van der Waals surface area contributed by atoms with Crippen LogP contribution in [-0.2, 0) is 17.5 Å². The van der Waals surface area contributed by atoms with E-state index in [2.05, 4.69) is 5.32 Å². The molecule has 2 heterocycles. The second kappa shape index (κ2) is 9.64. The summed E-state index contributed by atoms with van der Waals surface area (Å²) in [4.78, 5) is 26.5. The standard InChI is InChI=1S/C25H23ClF3N3O2/c1-16-21(18-7-9-19(26)10-8-18)22(24(34)31-12-11-30-20(14-31)15-33)32(23(16)25(27,28)29)13-17-5-3-2-4-6-17/h2-10,15,20,30H,11-14H2,1H3. The van der Waals surface area contributed by atoms with Gasteiger partial charge in [-0.2, -0.15) is 13.2 Å². The van der Waals surface area contributed by atoms with Crippen LogP contribution in [0.5, 0.6) is 0 Å². The number of benzene rings is 2. The molecular formula is C25H23ClF3N3O2. The first-order valence-electron chi connectivity index (χ1n) is 10.8. The van der Waals surface area contributed by atoms with Gasteiger partial charge in [-0.3, -0.25) is 4.79 Å². The predicted molar refractivity (Wildman–Crippen MR) is 124 cm³/mol. The lowest BCUT2D eigenvalue weighted by Gasteiger charge is -2.32. The van der Waals surface area contributed by atoms with Crippen molar-refractivity contribution < 1.29 is 22.8 Å². The van der Waals surface area contributed by atoms with Crippen molar-refractivity contribution in [2.45, 2.75) is 25.7 Å². The number of piperazine rings is 1. The fourth-order valence-electron chi connectivity index (χ4n) is 4.43. The zero-order chi connectivity index (χ0) is 24.5. The first-order chi connectivity index (χ1) is 16.2. The zero-order valence-electron chi connectivity index (χ0n) is 18.4.